The standard InChI is InChI=1S/C17H25BrN2O3/c1-16(2,3)23-15(21)11-17(22)6-8-20(9-7-17)14-5-4-12(19)10-13(14)18/h4-5,10,22H,6-9,11,19H2,1-3H3. The number of carbonyl (C=O) groups excluding carboxylic acids is 1. The van der Waals surface area contributed by atoms with E-state index < -0.39 is 11.2 Å². The first-order valence-corrected chi connectivity index (χ1v) is 8.61. The van der Waals surface area contributed by atoms with Gasteiger partial charge in [0.15, 0.2) is 0 Å². The van der Waals surface area contributed by atoms with Gasteiger partial charge in [0, 0.05) is 23.2 Å². The number of ether oxygens (including phenoxy) is 1. The van der Waals surface area contributed by atoms with Gasteiger partial charge in [0.2, 0.25) is 0 Å². The van der Waals surface area contributed by atoms with E-state index in [0.29, 0.717) is 31.6 Å². The molecule has 1 fully saturated rings. The van der Waals surface area contributed by atoms with E-state index in [9.17, 15) is 9.90 Å². The van der Waals surface area contributed by atoms with Gasteiger partial charge in [-0.1, -0.05) is 0 Å². The van der Waals surface area contributed by atoms with E-state index in [-0.39, 0.29) is 12.4 Å². The molecule has 1 aromatic rings. The second-order valence-electron chi connectivity index (χ2n) is 7.19. The van der Waals surface area contributed by atoms with Gasteiger partial charge in [-0.2, -0.15) is 0 Å². The summed E-state index contributed by atoms with van der Waals surface area (Å²) in [5, 5.41) is 10.7. The van der Waals surface area contributed by atoms with Crippen LogP contribution in [0.25, 0.3) is 0 Å². The van der Waals surface area contributed by atoms with Crippen molar-refractivity contribution in [2.24, 2.45) is 0 Å². The normalized spacial score (nSPS) is 17.9. The number of halogens is 1. The van der Waals surface area contributed by atoms with Crippen molar-refractivity contribution in [3.63, 3.8) is 0 Å². The molecule has 5 nitrogen and oxygen atoms in total. The Balaban J connectivity index is 1.95. The van der Waals surface area contributed by atoms with Crippen molar-refractivity contribution in [3.05, 3.63) is 22.7 Å². The zero-order valence-electron chi connectivity index (χ0n) is 13.9. The predicted octanol–water partition coefficient (Wildman–Crippen LogP) is 3.09. The lowest BCUT2D eigenvalue weighted by atomic mass is 9.88. The number of hydrogen-bond acceptors (Lipinski definition) is 5. The summed E-state index contributed by atoms with van der Waals surface area (Å²) < 4.78 is 6.26. The van der Waals surface area contributed by atoms with Gasteiger partial charge in [0.05, 0.1) is 17.7 Å². The van der Waals surface area contributed by atoms with Gasteiger partial charge in [-0.25, -0.2) is 0 Å². The monoisotopic (exact) mass is 384 g/mol. The minimum absolute atomic E-state index is 0.0427. The molecule has 1 aromatic carbocycles. The summed E-state index contributed by atoms with van der Waals surface area (Å²) in [6, 6.07) is 5.70. The predicted molar refractivity (Wildman–Crippen MR) is 95.4 cm³/mol. The second kappa shape index (κ2) is 6.69. The summed E-state index contributed by atoms with van der Waals surface area (Å²) in [5.41, 5.74) is 6.02. The summed E-state index contributed by atoms with van der Waals surface area (Å²) in [4.78, 5) is 14.1. The molecule has 1 aliphatic heterocycles. The summed E-state index contributed by atoms with van der Waals surface area (Å²) in [6.07, 6.45) is 1.10. The van der Waals surface area contributed by atoms with Crippen molar-refractivity contribution in [3.8, 4) is 0 Å². The maximum absolute atomic E-state index is 12.0. The summed E-state index contributed by atoms with van der Waals surface area (Å²) >= 11 is 3.53. The molecule has 0 atom stereocenters. The number of carbonyl (C=O) groups is 1. The van der Waals surface area contributed by atoms with Crippen molar-refractivity contribution in [2.75, 3.05) is 23.7 Å². The van der Waals surface area contributed by atoms with E-state index in [1.165, 1.54) is 0 Å². The van der Waals surface area contributed by atoms with Crippen LogP contribution in [-0.4, -0.2) is 35.4 Å². The lowest BCUT2D eigenvalue weighted by Crippen LogP contribution is -2.46. The minimum Gasteiger partial charge on any atom is -0.460 e. The zero-order valence-corrected chi connectivity index (χ0v) is 15.5. The number of aliphatic hydroxyl groups is 1. The third kappa shape index (κ3) is 5.11. The number of esters is 1. The van der Waals surface area contributed by atoms with E-state index in [1.807, 2.05) is 39.0 Å². The highest BCUT2D eigenvalue weighted by Crippen LogP contribution is 2.34. The first kappa shape index (κ1) is 18.1. The molecule has 2 rings (SSSR count). The van der Waals surface area contributed by atoms with E-state index in [0.717, 1.165) is 10.2 Å². The number of hydrogen-bond donors (Lipinski definition) is 2. The molecule has 23 heavy (non-hydrogen) atoms. The molecule has 0 saturated carbocycles. The van der Waals surface area contributed by atoms with E-state index >= 15 is 0 Å². The van der Waals surface area contributed by atoms with Crippen LogP contribution in [0.4, 0.5) is 11.4 Å². The fraction of sp³-hybridized carbons (Fsp3) is 0.588. The maximum atomic E-state index is 12.0. The number of nitrogen functional groups attached to an aromatic ring is 1. The van der Waals surface area contributed by atoms with E-state index in [1.54, 1.807) is 0 Å². The molecule has 0 spiro atoms. The van der Waals surface area contributed by atoms with Crippen molar-refractivity contribution in [1.29, 1.82) is 0 Å². The summed E-state index contributed by atoms with van der Waals surface area (Å²) in [7, 11) is 0. The fourth-order valence-electron chi connectivity index (χ4n) is 2.77. The molecule has 1 heterocycles. The van der Waals surface area contributed by atoms with Crippen LogP contribution in [0.5, 0.6) is 0 Å². The molecule has 128 valence electrons. The van der Waals surface area contributed by atoms with Crippen LogP contribution in [0.3, 0.4) is 0 Å². The summed E-state index contributed by atoms with van der Waals surface area (Å²) in [5.74, 6) is -0.345. The third-order valence-corrected chi connectivity index (χ3v) is 4.54. The molecular formula is C17H25BrN2O3. The molecule has 0 amide bonds. The number of nitrogens with two attached hydrogens (primary N) is 1. The minimum atomic E-state index is -0.987. The maximum Gasteiger partial charge on any atom is 0.309 e. The number of nitrogens with zero attached hydrogens (tertiary/aromatic N) is 1. The van der Waals surface area contributed by atoms with Gasteiger partial charge in [0.1, 0.15) is 5.60 Å². The molecule has 3 N–H and O–H groups in total. The van der Waals surface area contributed by atoms with Gasteiger partial charge in [0.25, 0.3) is 0 Å². The molecule has 0 aliphatic carbocycles. The van der Waals surface area contributed by atoms with Crippen LogP contribution in [0, 0.1) is 0 Å². The van der Waals surface area contributed by atoms with Crippen LogP contribution < -0.4 is 10.6 Å². The molecule has 0 unspecified atom stereocenters. The average molecular weight is 385 g/mol. The average Bonchev–Trinajstić information content (AvgIpc) is 2.37. The largest absolute Gasteiger partial charge is 0.460 e. The van der Waals surface area contributed by atoms with Gasteiger partial charge in [-0.3, -0.25) is 4.79 Å². The Morgan fingerprint density at radius 3 is 2.52 bits per heavy atom. The highest BCUT2D eigenvalue weighted by Gasteiger charge is 2.36. The Hall–Kier alpha value is -1.27. The molecule has 1 aliphatic rings. The topological polar surface area (TPSA) is 75.8 Å². The van der Waals surface area contributed by atoms with Gasteiger partial charge < -0.3 is 20.5 Å². The Bertz CT molecular complexity index is 576. The third-order valence-electron chi connectivity index (χ3n) is 3.90. The Labute approximate surface area is 145 Å². The van der Waals surface area contributed by atoms with Gasteiger partial charge in [-0.05, 0) is 67.7 Å². The fourth-order valence-corrected chi connectivity index (χ4v) is 3.41. The molecule has 0 aromatic heterocycles. The molecular weight excluding hydrogens is 360 g/mol. The second-order valence-corrected chi connectivity index (χ2v) is 8.04. The quantitative estimate of drug-likeness (QED) is 0.618. The van der Waals surface area contributed by atoms with Crippen molar-refractivity contribution in [2.45, 2.75) is 51.2 Å². The van der Waals surface area contributed by atoms with Gasteiger partial charge >= 0.3 is 5.97 Å². The zero-order chi connectivity index (χ0) is 17.3. The van der Waals surface area contributed by atoms with Crippen molar-refractivity contribution in [1.82, 2.24) is 0 Å². The molecule has 1 saturated heterocycles. The molecule has 0 radical (unpaired) electrons. The van der Waals surface area contributed by atoms with E-state index in [2.05, 4.69) is 20.8 Å². The first-order valence-electron chi connectivity index (χ1n) is 7.82. The lowest BCUT2D eigenvalue weighted by Gasteiger charge is -2.39. The Morgan fingerprint density at radius 2 is 2.00 bits per heavy atom. The Morgan fingerprint density at radius 1 is 1.39 bits per heavy atom. The van der Waals surface area contributed by atoms with Crippen molar-refractivity contribution < 1.29 is 14.6 Å². The van der Waals surface area contributed by atoms with Crippen LogP contribution in [0.15, 0.2) is 22.7 Å². The van der Waals surface area contributed by atoms with Crippen LogP contribution in [0.1, 0.15) is 40.0 Å². The van der Waals surface area contributed by atoms with Crippen LogP contribution in [0.2, 0.25) is 0 Å². The number of anilines is 2. The molecule has 6 heteroatoms. The molecule has 0 bridgehead atoms. The number of piperidine rings is 1. The Kier molecular flexibility index (Phi) is 5.26. The highest BCUT2D eigenvalue weighted by molar-refractivity contribution is 9.10. The van der Waals surface area contributed by atoms with Gasteiger partial charge in [-0.15, -0.1) is 0 Å². The number of rotatable bonds is 3. The van der Waals surface area contributed by atoms with Crippen molar-refractivity contribution >= 4 is 33.3 Å². The summed E-state index contributed by atoms with van der Waals surface area (Å²) in [6.45, 7) is 6.85. The van der Waals surface area contributed by atoms with Crippen LogP contribution >= 0.6 is 15.9 Å². The SMILES string of the molecule is CC(C)(C)OC(=O)CC1(O)CCN(c2ccc(N)cc2Br)CC1. The smallest absolute Gasteiger partial charge is 0.309 e. The lowest BCUT2D eigenvalue weighted by molar-refractivity contribution is -0.161. The first-order chi connectivity index (χ1) is 10.6. The highest BCUT2D eigenvalue weighted by atomic mass is 79.9. The van der Waals surface area contributed by atoms with E-state index in [4.69, 9.17) is 10.5 Å². The van der Waals surface area contributed by atoms with Crippen LogP contribution in [-0.2, 0) is 9.53 Å². The number of benzene rings is 1.